The maximum Gasteiger partial charge on any atom is 0.119 e. The van der Waals surface area contributed by atoms with Crippen molar-refractivity contribution in [1.29, 1.82) is 0 Å². The van der Waals surface area contributed by atoms with Crippen LogP contribution in [-0.4, -0.2) is 20.3 Å². The van der Waals surface area contributed by atoms with Gasteiger partial charge in [0, 0.05) is 13.0 Å². The molecule has 0 aliphatic heterocycles. The standard InChI is InChI=1S/C10H13ClO2/c1-12-5-6-13-10-4-2-3-9(7-10)8-11/h2-4,7H,5-6,8H2,1H3. The van der Waals surface area contributed by atoms with E-state index in [1.54, 1.807) is 7.11 Å². The topological polar surface area (TPSA) is 18.5 Å². The summed E-state index contributed by atoms with van der Waals surface area (Å²) in [5.41, 5.74) is 1.07. The molecular formula is C10H13ClO2. The Morgan fingerprint density at radius 3 is 2.85 bits per heavy atom. The van der Waals surface area contributed by atoms with Gasteiger partial charge in [0.05, 0.1) is 6.61 Å². The Morgan fingerprint density at radius 1 is 1.31 bits per heavy atom. The molecule has 0 spiro atoms. The van der Waals surface area contributed by atoms with E-state index in [0.717, 1.165) is 11.3 Å². The maximum absolute atomic E-state index is 5.68. The van der Waals surface area contributed by atoms with Crippen LogP contribution in [0.25, 0.3) is 0 Å². The highest BCUT2D eigenvalue weighted by molar-refractivity contribution is 6.17. The highest BCUT2D eigenvalue weighted by Gasteiger charge is 1.94. The number of hydrogen-bond acceptors (Lipinski definition) is 2. The molecule has 0 atom stereocenters. The van der Waals surface area contributed by atoms with Crippen molar-refractivity contribution in [2.45, 2.75) is 5.88 Å². The lowest BCUT2D eigenvalue weighted by molar-refractivity contribution is 0.146. The van der Waals surface area contributed by atoms with Crippen LogP contribution in [0.3, 0.4) is 0 Å². The van der Waals surface area contributed by atoms with Gasteiger partial charge in [0.15, 0.2) is 0 Å². The maximum atomic E-state index is 5.68. The molecule has 0 aliphatic carbocycles. The minimum Gasteiger partial charge on any atom is -0.491 e. The summed E-state index contributed by atoms with van der Waals surface area (Å²) >= 11 is 5.68. The molecule has 0 amide bonds. The highest BCUT2D eigenvalue weighted by atomic mass is 35.5. The van der Waals surface area contributed by atoms with E-state index >= 15 is 0 Å². The predicted molar refractivity (Wildman–Crippen MR) is 53.4 cm³/mol. The predicted octanol–water partition coefficient (Wildman–Crippen LogP) is 2.45. The molecule has 2 nitrogen and oxygen atoms in total. The lowest BCUT2D eigenvalue weighted by atomic mass is 10.2. The van der Waals surface area contributed by atoms with E-state index in [0.29, 0.717) is 19.1 Å². The Bertz CT molecular complexity index is 250. The van der Waals surface area contributed by atoms with Gasteiger partial charge >= 0.3 is 0 Å². The molecule has 3 heteroatoms. The smallest absolute Gasteiger partial charge is 0.119 e. The molecule has 0 radical (unpaired) electrons. The zero-order valence-corrected chi connectivity index (χ0v) is 8.38. The molecule has 0 heterocycles. The number of ether oxygens (including phenoxy) is 2. The van der Waals surface area contributed by atoms with Crippen molar-refractivity contribution in [2.75, 3.05) is 20.3 Å². The summed E-state index contributed by atoms with van der Waals surface area (Å²) in [7, 11) is 1.65. The fourth-order valence-corrected chi connectivity index (χ4v) is 1.13. The summed E-state index contributed by atoms with van der Waals surface area (Å²) in [4.78, 5) is 0. The minimum atomic E-state index is 0.515. The third-order valence-corrected chi connectivity index (χ3v) is 1.92. The first-order chi connectivity index (χ1) is 6.36. The van der Waals surface area contributed by atoms with Crippen molar-refractivity contribution in [3.63, 3.8) is 0 Å². The van der Waals surface area contributed by atoms with Gasteiger partial charge in [-0.3, -0.25) is 0 Å². The Balaban J connectivity index is 2.46. The molecule has 0 saturated carbocycles. The van der Waals surface area contributed by atoms with Crippen LogP contribution in [-0.2, 0) is 10.6 Å². The van der Waals surface area contributed by atoms with E-state index in [9.17, 15) is 0 Å². The highest BCUT2D eigenvalue weighted by Crippen LogP contribution is 2.14. The zero-order valence-electron chi connectivity index (χ0n) is 7.63. The van der Waals surface area contributed by atoms with Gasteiger partial charge in [-0.2, -0.15) is 0 Å². The molecule has 0 aliphatic rings. The minimum absolute atomic E-state index is 0.515. The van der Waals surface area contributed by atoms with Crippen LogP contribution in [0.4, 0.5) is 0 Å². The number of hydrogen-bond donors (Lipinski definition) is 0. The second kappa shape index (κ2) is 5.84. The van der Waals surface area contributed by atoms with Gasteiger partial charge < -0.3 is 9.47 Å². The average Bonchev–Trinajstić information content (AvgIpc) is 2.19. The van der Waals surface area contributed by atoms with Crippen molar-refractivity contribution in [2.24, 2.45) is 0 Å². The van der Waals surface area contributed by atoms with Crippen molar-refractivity contribution in [3.05, 3.63) is 29.8 Å². The van der Waals surface area contributed by atoms with Crippen LogP contribution in [0, 0.1) is 0 Å². The van der Waals surface area contributed by atoms with E-state index in [2.05, 4.69) is 0 Å². The number of benzene rings is 1. The first-order valence-corrected chi connectivity index (χ1v) is 4.67. The fourth-order valence-electron chi connectivity index (χ4n) is 0.961. The summed E-state index contributed by atoms with van der Waals surface area (Å²) in [6.07, 6.45) is 0. The monoisotopic (exact) mass is 200 g/mol. The quantitative estimate of drug-likeness (QED) is 0.537. The van der Waals surface area contributed by atoms with Crippen LogP contribution in [0.5, 0.6) is 5.75 Å². The average molecular weight is 201 g/mol. The number of alkyl halides is 1. The summed E-state index contributed by atoms with van der Waals surface area (Å²) in [5, 5.41) is 0. The summed E-state index contributed by atoms with van der Waals surface area (Å²) in [5.74, 6) is 1.36. The number of halogens is 1. The third-order valence-electron chi connectivity index (χ3n) is 1.61. The normalized spacial score (nSPS) is 10.0. The van der Waals surface area contributed by atoms with Crippen molar-refractivity contribution in [3.8, 4) is 5.75 Å². The van der Waals surface area contributed by atoms with Gasteiger partial charge in [0.1, 0.15) is 12.4 Å². The van der Waals surface area contributed by atoms with Gasteiger partial charge in [-0.25, -0.2) is 0 Å². The Labute approximate surface area is 83.4 Å². The molecule has 0 aromatic heterocycles. The van der Waals surface area contributed by atoms with E-state index < -0.39 is 0 Å². The Morgan fingerprint density at radius 2 is 2.15 bits per heavy atom. The van der Waals surface area contributed by atoms with Crippen molar-refractivity contribution < 1.29 is 9.47 Å². The number of methoxy groups -OCH3 is 1. The molecule has 1 aromatic carbocycles. The molecule has 13 heavy (non-hydrogen) atoms. The summed E-state index contributed by atoms with van der Waals surface area (Å²) < 4.78 is 10.3. The number of rotatable bonds is 5. The van der Waals surface area contributed by atoms with Crippen LogP contribution in [0.2, 0.25) is 0 Å². The molecule has 0 saturated heterocycles. The van der Waals surface area contributed by atoms with Crippen molar-refractivity contribution in [1.82, 2.24) is 0 Å². The molecule has 1 aromatic rings. The molecule has 0 fully saturated rings. The lowest BCUT2D eigenvalue weighted by Gasteiger charge is -2.05. The summed E-state index contributed by atoms with van der Waals surface area (Å²) in [6, 6.07) is 7.74. The van der Waals surface area contributed by atoms with E-state index in [4.69, 9.17) is 21.1 Å². The first-order valence-electron chi connectivity index (χ1n) is 4.13. The van der Waals surface area contributed by atoms with Gasteiger partial charge in [0.2, 0.25) is 0 Å². The van der Waals surface area contributed by atoms with Gasteiger partial charge in [-0.05, 0) is 17.7 Å². The fraction of sp³-hybridized carbons (Fsp3) is 0.400. The van der Waals surface area contributed by atoms with E-state index in [1.807, 2.05) is 24.3 Å². The second-order valence-electron chi connectivity index (χ2n) is 2.62. The Kier molecular flexibility index (Phi) is 4.65. The van der Waals surface area contributed by atoms with E-state index in [1.165, 1.54) is 0 Å². The van der Waals surface area contributed by atoms with Crippen LogP contribution in [0.1, 0.15) is 5.56 Å². The van der Waals surface area contributed by atoms with Gasteiger partial charge in [-0.1, -0.05) is 12.1 Å². The van der Waals surface area contributed by atoms with Gasteiger partial charge in [-0.15, -0.1) is 11.6 Å². The molecule has 0 unspecified atom stereocenters. The molecule has 0 N–H and O–H groups in total. The summed E-state index contributed by atoms with van der Waals surface area (Å²) in [6.45, 7) is 1.17. The van der Waals surface area contributed by atoms with Crippen LogP contribution < -0.4 is 4.74 Å². The lowest BCUT2D eigenvalue weighted by Crippen LogP contribution is -2.04. The van der Waals surface area contributed by atoms with Crippen molar-refractivity contribution >= 4 is 11.6 Å². The van der Waals surface area contributed by atoms with E-state index in [-0.39, 0.29) is 0 Å². The van der Waals surface area contributed by atoms with Crippen LogP contribution in [0.15, 0.2) is 24.3 Å². The SMILES string of the molecule is COCCOc1cccc(CCl)c1. The molecule has 0 bridgehead atoms. The third kappa shape index (κ3) is 3.66. The van der Waals surface area contributed by atoms with Crippen LogP contribution >= 0.6 is 11.6 Å². The molecule has 1 rings (SSSR count). The molecular weight excluding hydrogens is 188 g/mol. The molecule has 72 valence electrons. The first kappa shape index (κ1) is 10.4. The largest absolute Gasteiger partial charge is 0.491 e. The second-order valence-corrected chi connectivity index (χ2v) is 2.89. The zero-order chi connectivity index (χ0) is 9.52. The Hall–Kier alpha value is -0.730. The van der Waals surface area contributed by atoms with Gasteiger partial charge in [0.25, 0.3) is 0 Å².